The predicted octanol–water partition coefficient (Wildman–Crippen LogP) is 2.59. The molecule has 1 aromatic heterocycles. The van der Waals surface area contributed by atoms with E-state index in [0.717, 1.165) is 30.5 Å². The van der Waals surface area contributed by atoms with Crippen LogP contribution in [0.3, 0.4) is 0 Å². The average molecular weight is 289 g/mol. The lowest BCUT2D eigenvalue weighted by Gasteiger charge is -2.40. The third kappa shape index (κ3) is 3.55. The molecule has 3 heterocycles. The fourth-order valence-corrected chi connectivity index (χ4v) is 3.61. The Hall–Kier alpha value is -1.13. The zero-order valence-corrected chi connectivity index (χ0v) is 13.0. The number of pyridine rings is 1. The van der Waals surface area contributed by atoms with Crippen LogP contribution in [0.2, 0.25) is 0 Å². The van der Waals surface area contributed by atoms with Crippen LogP contribution in [0, 0.1) is 0 Å². The van der Waals surface area contributed by atoms with Crippen molar-refractivity contribution in [2.24, 2.45) is 0 Å². The summed E-state index contributed by atoms with van der Waals surface area (Å²) in [6.45, 7) is 6.55. The van der Waals surface area contributed by atoms with Gasteiger partial charge in [-0.05, 0) is 63.4 Å². The molecule has 2 aliphatic rings. The molecule has 2 saturated heterocycles. The lowest BCUT2D eigenvalue weighted by molar-refractivity contribution is 0.141. The van der Waals surface area contributed by atoms with Crippen molar-refractivity contribution >= 4 is 5.82 Å². The molecule has 0 spiro atoms. The minimum Gasteiger partial charge on any atom is -0.389 e. The summed E-state index contributed by atoms with van der Waals surface area (Å²) < 4.78 is 0. The van der Waals surface area contributed by atoms with E-state index < -0.39 is 6.10 Å². The van der Waals surface area contributed by atoms with Gasteiger partial charge in [0.15, 0.2) is 0 Å². The first-order valence-electron chi connectivity index (χ1n) is 8.37. The number of rotatable bonds is 3. The highest BCUT2D eigenvalue weighted by molar-refractivity contribution is 5.42. The van der Waals surface area contributed by atoms with Gasteiger partial charge in [-0.1, -0.05) is 6.42 Å². The molecule has 0 amide bonds. The summed E-state index contributed by atoms with van der Waals surface area (Å²) in [5.41, 5.74) is 0.957. The number of hydrogen-bond acceptors (Lipinski definition) is 4. The molecule has 1 N–H and O–H groups in total. The van der Waals surface area contributed by atoms with Gasteiger partial charge in [0, 0.05) is 25.3 Å². The number of aromatic nitrogens is 1. The van der Waals surface area contributed by atoms with Crippen LogP contribution in [0.15, 0.2) is 18.3 Å². The molecule has 4 nitrogen and oxygen atoms in total. The van der Waals surface area contributed by atoms with Crippen molar-refractivity contribution in [3.8, 4) is 0 Å². The maximum Gasteiger partial charge on any atom is 0.128 e. The summed E-state index contributed by atoms with van der Waals surface area (Å²) in [4.78, 5) is 9.55. The Balaban J connectivity index is 1.59. The number of anilines is 1. The fraction of sp³-hybridized carbons (Fsp3) is 0.706. The molecule has 2 aliphatic heterocycles. The number of hydrogen-bond donors (Lipinski definition) is 1. The molecule has 1 unspecified atom stereocenters. The van der Waals surface area contributed by atoms with Crippen LogP contribution in [0.25, 0.3) is 0 Å². The van der Waals surface area contributed by atoms with E-state index in [0.29, 0.717) is 0 Å². The highest BCUT2D eigenvalue weighted by atomic mass is 16.3. The van der Waals surface area contributed by atoms with Gasteiger partial charge in [0.1, 0.15) is 5.82 Å². The zero-order chi connectivity index (χ0) is 14.7. The van der Waals surface area contributed by atoms with Crippen LogP contribution in [-0.4, -0.2) is 47.2 Å². The third-order valence-electron chi connectivity index (χ3n) is 4.95. The second-order valence-electron chi connectivity index (χ2n) is 6.44. The number of nitrogens with zero attached hydrogens (tertiary/aromatic N) is 3. The summed E-state index contributed by atoms with van der Waals surface area (Å²) in [5.74, 6) is 1.02. The van der Waals surface area contributed by atoms with E-state index in [-0.39, 0.29) is 0 Å². The summed E-state index contributed by atoms with van der Waals surface area (Å²) in [5, 5.41) is 9.71. The van der Waals surface area contributed by atoms with Crippen LogP contribution in [0.5, 0.6) is 0 Å². The van der Waals surface area contributed by atoms with E-state index in [1.54, 1.807) is 0 Å². The van der Waals surface area contributed by atoms with Gasteiger partial charge >= 0.3 is 0 Å². The van der Waals surface area contributed by atoms with Crippen molar-refractivity contribution in [3.05, 3.63) is 23.9 Å². The molecule has 4 heteroatoms. The Bertz CT molecular complexity index is 449. The highest BCUT2D eigenvalue weighted by Gasteiger charge is 2.26. The van der Waals surface area contributed by atoms with Gasteiger partial charge in [0.25, 0.3) is 0 Å². The monoisotopic (exact) mass is 289 g/mol. The second kappa shape index (κ2) is 6.75. The summed E-state index contributed by atoms with van der Waals surface area (Å²) in [6, 6.07) is 4.70. The maximum atomic E-state index is 9.71. The molecule has 0 aromatic carbocycles. The topological polar surface area (TPSA) is 39.6 Å². The van der Waals surface area contributed by atoms with E-state index in [9.17, 15) is 5.11 Å². The van der Waals surface area contributed by atoms with Gasteiger partial charge < -0.3 is 14.9 Å². The molecule has 116 valence electrons. The van der Waals surface area contributed by atoms with E-state index in [2.05, 4.69) is 14.8 Å². The Morgan fingerprint density at radius 1 is 1.14 bits per heavy atom. The van der Waals surface area contributed by atoms with Crippen molar-refractivity contribution in [2.45, 2.75) is 51.2 Å². The minimum absolute atomic E-state index is 0.419. The van der Waals surface area contributed by atoms with Crippen LogP contribution in [0.1, 0.15) is 50.7 Å². The standard InChI is InChI=1S/C17H27N3O/c1-14(21)15-5-8-18-17(13-15)20-11-6-16(7-12-20)19-9-3-2-4-10-19/h5,8,13-14,16,21H,2-4,6-7,9-12H2,1H3. The van der Waals surface area contributed by atoms with Gasteiger partial charge in [-0.15, -0.1) is 0 Å². The van der Waals surface area contributed by atoms with E-state index in [4.69, 9.17) is 0 Å². The molecule has 0 bridgehead atoms. The summed E-state index contributed by atoms with van der Waals surface area (Å²) in [6.07, 6.45) is 8.02. The molecule has 1 aromatic rings. The Kier molecular flexibility index (Phi) is 4.76. The molecular weight excluding hydrogens is 262 g/mol. The first kappa shape index (κ1) is 14.8. The molecule has 3 rings (SSSR count). The van der Waals surface area contributed by atoms with Gasteiger partial charge in [-0.2, -0.15) is 0 Å². The quantitative estimate of drug-likeness (QED) is 0.928. The molecular formula is C17H27N3O. The van der Waals surface area contributed by atoms with Gasteiger partial charge in [0.05, 0.1) is 6.10 Å². The summed E-state index contributed by atoms with van der Waals surface area (Å²) >= 11 is 0. The van der Waals surface area contributed by atoms with Gasteiger partial charge in [-0.3, -0.25) is 0 Å². The summed E-state index contributed by atoms with van der Waals surface area (Å²) in [7, 11) is 0. The Morgan fingerprint density at radius 3 is 2.52 bits per heavy atom. The van der Waals surface area contributed by atoms with Crippen LogP contribution in [0.4, 0.5) is 5.82 Å². The number of piperidine rings is 2. The van der Waals surface area contributed by atoms with Crippen molar-refractivity contribution in [3.63, 3.8) is 0 Å². The zero-order valence-electron chi connectivity index (χ0n) is 13.0. The number of aliphatic hydroxyl groups excluding tert-OH is 1. The first-order chi connectivity index (χ1) is 10.2. The molecule has 1 atom stereocenters. The van der Waals surface area contributed by atoms with E-state index in [1.165, 1.54) is 45.2 Å². The maximum absolute atomic E-state index is 9.71. The lowest BCUT2D eigenvalue weighted by atomic mass is 10.00. The second-order valence-corrected chi connectivity index (χ2v) is 6.44. The Labute approximate surface area is 127 Å². The number of aliphatic hydroxyl groups is 1. The normalized spacial score (nSPS) is 23.2. The largest absolute Gasteiger partial charge is 0.389 e. The van der Waals surface area contributed by atoms with Crippen LogP contribution < -0.4 is 4.90 Å². The lowest BCUT2D eigenvalue weighted by Crippen LogP contribution is -2.46. The van der Waals surface area contributed by atoms with Gasteiger partial charge in [-0.25, -0.2) is 4.98 Å². The van der Waals surface area contributed by atoms with Crippen molar-refractivity contribution in [2.75, 3.05) is 31.1 Å². The minimum atomic E-state index is -0.419. The molecule has 21 heavy (non-hydrogen) atoms. The third-order valence-corrected chi connectivity index (χ3v) is 4.95. The van der Waals surface area contributed by atoms with E-state index >= 15 is 0 Å². The van der Waals surface area contributed by atoms with Crippen molar-refractivity contribution < 1.29 is 5.11 Å². The SMILES string of the molecule is CC(O)c1ccnc(N2CCC(N3CCCCC3)CC2)c1. The van der Waals surface area contributed by atoms with Crippen molar-refractivity contribution in [1.82, 2.24) is 9.88 Å². The smallest absolute Gasteiger partial charge is 0.128 e. The highest BCUT2D eigenvalue weighted by Crippen LogP contribution is 2.25. The van der Waals surface area contributed by atoms with Crippen LogP contribution in [-0.2, 0) is 0 Å². The van der Waals surface area contributed by atoms with Gasteiger partial charge in [0.2, 0.25) is 0 Å². The Morgan fingerprint density at radius 2 is 1.86 bits per heavy atom. The van der Waals surface area contributed by atoms with Crippen LogP contribution >= 0.6 is 0 Å². The fourth-order valence-electron chi connectivity index (χ4n) is 3.61. The molecule has 0 radical (unpaired) electrons. The number of likely N-dealkylation sites (tertiary alicyclic amines) is 1. The first-order valence-corrected chi connectivity index (χ1v) is 8.37. The molecule has 0 saturated carbocycles. The predicted molar refractivity (Wildman–Crippen MR) is 85.5 cm³/mol. The average Bonchev–Trinajstić information content (AvgIpc) is 2.56. The van der Waals surface area contributed by atoms with Crippen molar-refractivity contribution in [1.29, 1.82) is 0 Å². The molecule has 2 fully saturated rings. The molecule has 0 aliphatic carbocycles. The van der Waals surface area contributed by atoms with E-state index in [1.807, 2.05) is 25.3 Å².